The zero-order valence-electron chi connectivity index (χ0n) is 7.17. The zero-order chi connectivity index (χ0) is 10.1. The molecule has 0 saturated heterocycles. The van der Waals surface area contributed by atoms with Crippen molar-refractivity contribution in [3.05, 3.63) is 12.3 Å². The van der Waals surface area contributed by atoms with Crippen molar-refractivity contribution < 1.29 is 17.9 Å². The van der Waals surface area contributed by atoms with Crippen LogP contribution in [-0.4, -0.2) is 16.1 Å². The van der Waals surface area contributed by atoms with Crippen molar-refractivity contribution in [2.24, 2.45) is 0 Å². The first-order valence-corrected chi connectivity index (χ1v) is 3.69. The van der Waals surface area contributed by atoms with Gasteiger partial charge in [-0.05, 0) is 13.8 Å². The van der Waals surface area contributed by atoms with Crippen molar-refractivity contribution in [1.82, 2.24) is 9.78 Å². The van der Waals surface area contributed by atoms with Crippen LogP contribution < -0.4 is 4.74 Å². The molecule has 0 spiro atoms. The second-order valence-corrected chi connectivity index (χ2v) is 2.76. The van der Waals surface area contributed by atoms with Crippen molar-refractivity contribution in [2.45, 2.75) is 26.3 Å². The van der Waals surface area contributed by atoms with E-state index in [0.717, 1.165) is 4.68 Å². The summed E-state index contributed by atoms with van der Waals surface area (Å²) in [5, 5.41) is 3.69. The van der Waals surface area contributed by atoms with Crippen LogP contribution in [-0.2, 0) is 0 Å². The normalized spacial score (nSPS) is 12.2. The predicted octanol–water partition coefficient (Wildman–Crippen LogP) is 2.36. The van der Waals surface area contributed by atoms with Crippen LogP contribution in [0.2, 0.25) is 0 Å². The van der Waals surface area contributed by atoms with E-state index in [0.29, 0.717) is 0 Å². The second kappa shape index (κ2) is 3.27. The molecule has 1 aromatic heterocycles. The molecule has 0 amide bonds. The number of hydrogen-bond acceptors (Lipinski definition) is 2. The van der Waals surface area contributed by atoms with Crippen molar-refractivity contribution in [2.75, 3.05) is 0 Å². The summed E-state index contributed by atoms with van der Waals surface area (Å²) >= 11 is 0. The lowest BCUT2D eigenvalue weighted by Crippen LogP contribution is -2.20. The quantitative estimate of drug-likeness (QED) is 0.722. The summed E-state index contributed by atoms with van der Waals surface area (Å²) in [5.41, 5.74) is 0. The summed E-state index contributed by atoms with van der Waals surface area (Å²) in [6.07, 6.45) is -3.40. The molecular formula is C7H9F3N2O. The van der Waals surface area contributed by atoms with Gasteiger partial charge in [0, 0.05) is 6.07 Å². The van der Waals surface area contributed by atoms with Crippen molar-refractivity contribution >= 4 is 0 Å². The summed E-state index contributed by atoms with van der Waals surface area (Å²) < 4.78 is 40.3. The van der Waals surface area contributed by atoms with Crippen molar-refractivity contribution in [3.63, 3.8) is 0 Å². The van der Waals surface area contributed by atoms with Gasteiger partial charge in [0.25, 0.3) is 0 Å². The van der Waals surface area contributed by atoms with Crippen LogP contribution >= 0.6 is 0 Å². The number of rotatable bonds is 2. The Kier molecular flexibility index (Phi) is 2.49. The average molecular weight is 194 g/mol. The Bertz CT molecular complexity index is 280. The first kappa shape index (κ1) is 9.88. The van der Waals surface area contributed by atoms with Gasteiger partial charge < -0.3 is 4.74 Å². The van der Waals surface area contributed by atoms with E-state index in [2.05, 4.69) is 9.84 Å². The van der Waals surface area contributed by atoms with E-state index in [1.807, 2.05) is 0 Å². The highest BCUT2D eigenvalue weighted by atomic mass is 19.4. The van der Waals surface area contributed by atoms with Gasteiger partial charge in [-0.15, -0.1) is 13.2 Å². The van der Waals surface area contributed by atoms with Gasteiger partial charge in [0.2, 0.25) is 5.88 Å². The summed E-state index contributed by atoms with van der Waals surface area (Å²) in [4.78, 5) is 0. The molecule has 1 aromatic rings. The van der Waals surface area contributed by atoms with Crippen LogP contribution in [0.15, 0.2) is 12.3 Å². The Morgan fingerprint density at radius 2 is 2.08 bits per heavy atom. The summed E-state index contributed by atoms with van der Waals surface area (Å²) in [6.45, 7) is 3.44. The van der Waals surface area contributed by atoms with Gasteiger partial charge in [0.15, 0.2) is 0 Å². The molecular weight excluding hydrogens is 185 g/mol. The Morgan fingerprint density at radius 1 is 1.46 bits per heavy atom. The third-order valence-electron chi connectivity index (χ3n) is 1.34. The number of halogens is 3. The van der Waals surface area contributed by atoms with Crippen molar-refractivity contribution in [3.8, 4) is 5.88 Å². The molecule has 0 bridgehead atoms. The number of nitrogens with zero attached hydrogens (tertiary/aromatic N) is 2. The number of ether oxygens (including phenoxy) is 1. The Balaban J connectivity index is 2.83. The fourth-order valence-electron chi connectivity index (χ4n) is 0.889. The van der Waals surface area contributed by atoms with E-state index >= 15 is 0 Å². The standard InChI is InChI=1S/C7H9F3N2O/c1-5(2)12-6(3-4-11-12)13-7(8,9)10/h3-5H,1-2H3. The maximum Gasteiger partial charge on any atom is 0.574 e. The molecule has 0 N–H and O–H groups in total. The Hall–Kier alpha value is -1.20. The first-order valence-electron chi connectivity index (χ1n) is 3.69. The van der Waals surface area contributed by atoms with Gasteiger partial charge in [-0.3, -0.25) is 0 Å². The first-order chi connectivity index (χ1) is 5.90. The summed E-state index contributed by atoms with van der Waals surface area (Å²) in [7, 11) is 0. The van der Waals surface area contributed by atoms with Crippen LogP contribution in [0.3, 0.4) is 0 Å². The fourth-order valence-corrected chi connectivity index (χ4v) is 0.889. The van der Waals surface area contributed by atoms with Gasteiger partial charge in [-0.25, -0.2) is 4.68 Å². The molecule has 1 heterocycles. The molecule has 0 atom stereocenters. The Morgan fingerprint density at radius 3 is 2.54 bits per heavy atom. The maximum absolute atomic E-state index is 11.8. The molecule has 6 heteroatoms. The lowest BCUT2D eigenvalue weighted by atomic mass is 10.4. The van der Waals surface area contributed by atoms with Gasteiger partial charge in [-0.1, -0.05) is 0 Å². The SMILES string of the molecule is CC(C)n1nccc1OC(F)(F)F. The molecule has 0 saturated carbocycles. The third kappa shape index (κ3) is 2.64. The van der Waals surface area contributed by atoms with Gasteiger partial charge in [0.1, 0.15) is 0 Å². The molecule has 1 rings (SSSR count). The number of aromatic nitrogens is 2. The van der Waals surface area contributed by atoms with Crippen molar-refractivity contribution in [1.29, 1.82) is 0 Å². The van der Waals surface area contributed by atoms with E-state index in [4.69, 9.17) is 0 Å². The Labute approximate surface area is 73.1 Å². The molecule has 0 aliphatic rings. The number of alkyl halides is 3. The molecule has 0 aromatic carbocycles. The summed E-state index contributed by atoms with van der Waals surface area (Å²) in [5.74, 6) is -0.289. The molecule has 0 aliphatic carbocycles. The molecule has 0 radical (unpaired) electrons. The van der Waals surface area contributed by atoms with Gasteiger partial charge >= 0.3 is 6.36 Å². The van der Waals surface area contributed by atoms with Crippen LogP contribution in [0.5, 0.6) is 5.88 Å². The van der Waals surface area contributed by atoms with E-state index in [9.17, 15) is 13.2 Å². The minimum atomic E-state index is -4.66. The highest BCUT2D eigenvalue weighted by molar-refractivity contribution is 5.08. The minimum absolute atomic E-state index is 0.160. The van der Waals surface area contributed by atoms with Gasteiger partial charge in [-0.2, -0.15) is 5.10 Å². The minimum Gasteiger partial charge on any atom is -0.388 e. The lowest BCUT2D eigenvalue weighted by Gasteiger charge is -2.12. The smallest absolute Gasteiger partial charge is 0.388 e. The third-order valence-corrected chi connectivity index (χ3v) is 1.34. The molecule has 0 fully saturated rings. The van der Waals surface area contributed by atoms with Crippen LogP contribution in [0.1, 0.15) is 19.9 Å². The fraction of sp³-hybridized carbons (Fsp3) is 0.571. The van der Waals surface area contributed by atoms with Gasteiger partial charge in [0.05, 0.1) is 12.2 Å². The highest BCUT2D eigenvalue weighted by Gasteiger charge is 2.32. The van der Waals surface area contributed by atoms with Crippen LogP contribution in [0.4, 0.5) is 13.2 Å². The monoisotopic (exact) mass is 194 g/mol. The average Bonchev–Trinajstić information content (AvgIpc) is 2.31. The second-order valence-electron chi connectivity index (χ2n) is 2.76. The van der Waals surface area contributed by atoms with E-state index in [-0.39, 0.29) is 11.9 Å². The van der Waals surface area contributed by atoms with E-state index in [1.54, 1.807) is 13.8 Å². The van der Waals surface area contributed by atoms with E-state index < -0.39 is 6.36 Å². The predicted molar refractivity (Wildman–Crippen MR) is 39.3 cm³/mol. The molecule has 13 heavy (non-hydrogen) atoms. The molecule has 0 aliphatic heterocycles. The molecule has 3 nitrogen and oxygen atoms in total. The largest absolute Gasteiger partial charge is 0.574 e. The topological polar surface area (TPSA) is 27.1 Å². The zero-order valence-corrected chi connectivity index (χ0v) is 7.17. The van der Waals surface area contributed by atoms with E-state index in [1.165, 1.54) is 12.3 Å². The molecule has 74 valence electrons. The van der Waals surface area contributed by atoms with Crippen LogP contribution in [0.25, 0.3) is 0 Å². The van der Waals surface area contributed by atoms with Crippen LogP contribution in [0, 0.1) is 0 Å². The molecule has 0 unspecified atom stereocenters. The lowest BCUT2D eigenvalue weighted by molar-refractivity contribution is -0.277. The maximum atomic E-state index is 11.8. The number of hydrogen-bond donors (Lipinski definition) is 0. The highest BCUT2D eigenvalue weighted by Crippen LogP contribution is 2.24. The summed E-state index contributed by atoms with van der Waals surface area (Å²) in [6, 6.07) is 1.01.